The van der Waals surface area contributed by atoms with Gasteiger partial charge < -0.3 is 10.6 Å². The van der Waals surface area contributed by atoms with Gasteiger partial charge in [-0.3, -0.25) is 9.59 Å². The van der Waals surface area contributed by atoms with E-state index in [0.29, 0.717) is 27.8 Å². The van der Waals surface area contributed by atoms with Crippen molar-refractivity contribution in [3.05, 3.63) is 51.1 Å². The van der Waals surface area contributed by atoms with E-state index in [9.17, 15) is 31.5 Å². The SMILES string of the molecule is Cc1nonc1C(=O)N[C@H](c1cn2ncc(C[C@@]3(Cc4nnc(C5CC5)s4)C[C@@H](C(F)(F)F)NC3=O)cc2n1)C1CCC(F)(F)CC1. The number of alkyl halides is 5. The molecule has 3 fully saturated rings. The molecule has 4 aromatic heterocycles. The lowest BCUT2D eigenvalue weighted by Crippen LogP contribution is -2.39. The molecule has 0 bridgehead atoms. The van der Waals surface area contributed by atoms with Crippen LogP contribution >= 0.6 is 11.3 Å². The first-order chi connectivity index (χ1) is 22.3. The number of carbonyl (C=O) groups is 2. The molecule has 47 heavy (non-hydrogen) atoms. The summed E-state index contributed by atoms with van der Waals surface area (Å²) in [6, 6.07) is -1.16. The molecule has 3 aliphatic rings. The number of carbonyl (C=O) groups excluding carboxylic acids is 2. The van der Waals surface area contributed by atoms with Crippen molar-refractivity contribution in [2.75, 3.05) is 0 Å². The van der Waals surface area contributed by atoms with Crippen LogP contribution in [0.2, 0.25) is 0 Å². The van der Waals surface area contributed by atoms with Gasteiger partial charge in [0, 0.05) is 25.2 Å². The molecule has 1 aliphatic heterocycles. The number of imidazole rings is 1. The lowest BCUT2D eigenvalue weighted by Gasteiger charge is -2.33. The Kier molecular flexibility index (Phi) is 7.75. The van der Waals surface area contributed by atoms with Gasteiger partial charge in [0.15, 0.2) is 11.3 Å². The van der Waals surface area contributed by atoms with Crippen LogP contribution in [0.1, 0.15) is 94.4 Å². The third-order valence-corrected chi connectivity index (χ3v) is 10.4. The summed E-state index contributed by atoms with van der Waals surface area (Å²) in [6.07, 6.45) is -0.591. The van der Waals surface area contributed by atoms with Crippen LogP contribution in [0.4, 0.5) is 22.0 Å². The highest BCUT2D eigenvalue weighted by Crippen LogP contribution is 2.46. The van der Waals surface area contributed by atoms with Gasteiger partial charge in [-0.25, -0.2) is 22.9 Å². The molecule has 0 unspecified atom stereocenters. The Bertz CT molecular complexity index is 1810. The van der Waals surface area contributed by atoms with Gasteiger partial charge in [-0.15, -0.1) is 21.5 Å². The Morgan fingerprint density at radius 3 is 2.60 bits per heavy atom. The van der Waals surface area contributed by atoms with E-state index in [-0.39, 0.29) is 55.8 Å². The molecule has 1 saturated heterocycles. The van der Waals surface area contributed by atoms with Crippen LogP contribution in [0.5, 0.6) is 0 Å². The van der Waals surface area contributed by atoms with Crippen molar-refractivity contribution in [3.8, 4) is 0 Å². The van der Waals surface area contributed by atoms with Gasteiger partial charge in [-0.05, 0) is 68.2 Å². The van der Waals surface area contributed by atoms with Gasteiger partial charge in [0.25, 0.3) is 5.91 Å². The Balaban J connectivity index is 1.18. The number of nitrogens with one attached hydrogen (secondary N) is 2. The summed E-state index contributed by atoms with van der Waals surface area (Å²) < 4.78 is 75.6. The topological polar surface area (TPSA) is 153 Å². The normalized spacial score (nSPS) is 24.0. The molecule has 0 spiro atoms. The molecule has 0 aromatic carbocycles. The van der Waals surface area contributed by atoms with Crippen molar-refractivity contribution in [3.63, 3.8) is 0 Å². The van der Waals surface area contributed by atoms with E-state index in [1.807, 2.05) is 0 Å². The summed E-state index contributed by atoms with van der Waals surface area (Å²) in [5, 5.41) is 26.4. The zero-order chi connectivity index (χ0) is 33.1. The van der Waals surface area contributed by atoms with E-state index < -0.39 is 47.8 Å². The minimum atomic E-state index is -4.62. The molecule has 2 aliphatic carbocycles. The molecule has 2 N–H and O–H groups in total. The molecule has 7 rings (SSSR count). The lowest BCUT2D eigenvalue weighted by molar-refractivity contribution is -0.155. The second-order valence-corrected chi connectivity index (χ2v) is 14.0. The largest absolute Gasteiger partial charge is 0.408 e. The molecule has 0 radical (unpaired) electrons. The molecule has 18 heteroatoms. The zero-order valence-electron chi connectivity index (χ0n) is 25.1. The second kappa shape index (κ2) is 11.6. The fourth-order valence-corrected chi connectivity index (χ4v) is 7.74. The number of hydrogen-bond acceptors (Lipinski definition) is 10. The van der Waals surface area contributed by atoms with Crippen molar-refractivity contribution in [1.29, 1.82) is 0 Å². The van der Waals surface area contributed by atoms with Crippen LogP contribution in [0.3, 0.4) is 0 Å². The first-order valence-electron chi connectivity index (χ1n) is 15.3. The van der Waals surface area contributed by atoms with Crippen LogP contribution in [-0.4, -0.2) is 65.1 Å². The van der Waals surface area contributed by atoms with E-state index in [1.165, 1.54) is 22.0 Å². The molecule has 5 heterocycles. The first kappa shape index (κ1) is 31.5. The minimum Gasteiger partial charge on any atom is -0.344 e. The molecular weight excluding hydrogens is 649 g/mol. The second-order valence-electron chi connectivity index (χ2n) is 12.9. The fourth-order valence-electron chi connectivity index (χ4n) is 6.58. The van der Waals surface area contributed by atoms with E-state index in [0.717, 1.165) is 17.8 Å². The number of amides is 2. The highest BCUT2D eigenvalue weighted by atomic mass is 32.1. The molecule has 250 valence electrons. The molecule has 2 amide bonds. The van der Waals surface area contributed by atoms with Crippen molar-refractivity contribution in [2.45, 2.75) is 94.8 Å². The predicted molar refractivity (Wildman–Crippen MR) is 153 cm³/mol. The quantitative estimate of drug-likeness (QED) is 0.241. The van der Waals surface area contributed by atoms with E-state index >= 15 is 0 Å². The number of hydrogen-bond donors (Lipinski definition) is 2. The van der Waals surface area contributed by atoms with E-state index in [1.54, 1.807) is 19.2 Å². The molecule has 4 aromatic rings. The number of aromatic nitrogens is 7. The maximum absolute atomic E-state index is 14.0. The van der Waals surface area contributed by atoms with Crippen molar-refractivity contribution in [1.82, 2.24) is 45.7 Å². The number of nitrogens with zero attached hydrogens (tertiary/aromatic N) is 7. The number of fused-ring (bicyclic) bond motifs is 1. The van der Waals surface area contributed by atoms with Gasteiger partial charge >= 0.3 is 6.18 Å². The van der Waals surface area contributed by atoms with Crippen LogP contribution in [-0.2, 0) is 17.6 Å². The van der Waals surface area contributed by atoms with Gasteiger partial charge in [-0.2, -0.15) is 18.3 Å². The van der Waals surface area contributed by atoms with Crippen molar-refractivity contribution >= 4 is 28.8 Å². The predicted octanol–water partition coefficient (Wildman–Crippen LogP) is 4.67. The van der Waals surface area contributed by atoms with Gasteiger partial charge in [0.05, 0.1) is 29.5 Å². The number of rotatable bonds is 9. The van der Waals surface area contributed by atoms with Crippen molar-refractivity contribution < 1.29 is 36.2 Å². The van der Waals surface area contributed by atoms with Crippen LogP contribution in [0, 0.1) is 18.3 Å². The third-order valence-electron chi connectivity index (χ3n) is 9.32. The molecule has 3 atom stereocenters. The van der Waals surface area contributed by atoms with E-state index in [4.69, 9.17) is 0 Å². The Morgan fingerprint density at radius 1 is 1.17 bits per heavy atom. The summed E-state index contributed by atoms with van der Waals surface area (Å²) in [6.45, 7) is 1.54. The average molecular weight is 680 g/mol. The summed E-state index contributed by atoms with van der Waals surface area (Å²) in [7, 11) is 0. The Hall–Kier alpha value is -4.09. The first-order valence-corrected chi connectivity index (χ1v) is 16.1. The highest BCUT2D eigenvalue weighted by molar-refractivity contribution is 7.11. The van der Waals surface area contributed by atoms with Gasteiger partial charge in [0.1, 0.15) is 21.8 Å². The lowest BCUT2D eigenvalue weighted by atomic mass is 9.76. The summed E-state index contributed by atoms with van der Waals surface area (Å²) in [5.41, 5.74) is -0.0976. The van der Waals surface area contributed by atoms with Crippen LogP contribution < -0.4 is 10.6 Å². The Morgan fingerprint density at radius 2 is 1.94 bits per heavy atom. The van der Waals surface area contributed by atoms with Gasteiger partial charge in [0.2, 0.25) is 11.8 Å². The summed E-state index contributed by atoms with van der Waals surface area (Å²) >= 11 is 1.33. The number of halogens is 5. The molecule has 12 nitrogen and oxygen atoms in total. The van der Waals surface area contributed by atoms with Gasteiger partial charge in [-0.1, -0.05) is 5.16 Å². The summed E-state index contributed by atoms with van der Waals surface area (Å²) in [4.78, 5) is 31.1. The van der Waals surface area contributed by atoms with E-state index in [2.05, 4.69) is 45.9 Å². The maximum Gasteiger partial charge on any atom is 0.408 e. The fraction of sp³-hybridized carbons (Fsp3) is 0.586. The maximum atomic E-state index is 14.0. The average Bonchev–Trinajstić information content (AvgIpc) is 3.29. The smallest absolute Gasteiger partial charge is 0.344 e. The monoisotopic (exact) mass is 679 g/mol. The third kappa shape index (κ3) is 6.43. The summed E-state index contributed by atoms with van der Waals surface area (Å²) in [5.74, 6) is -4.18. The Labute approximate surface area is 267 Å². The molecular formula is C29H30F5N9O3S. The zero-order valence-corrected chi connectivity index (χ0v) is 25.9. The molecule has 2 saturated carbocycles. The minimum absolute atomic E-state index is 0.0165. The number of aryl methyl sites for hydroxylation is 1. The standard InChI is InChI=1S/C29H30F5N9O3S/c1-14-22(42-46-41-14)24(44)38-23(16-4-6-28(30,31)7-5-16)18-13-43-20(36-18)8-15(12-35-43)9-27(10-19(29(32,33)34)37-26(27)45)11-21-39-40-25(47-21)17-2-3-17/h8,12-13,16-17,19,23H,2-7,9-11H2,1H3,(H,37,45)(H,38,44)/t19-,23-,27-/m0/s1. The van der Waals surface area contributed by atoms with Crippen LogP contribution in [0.15, 0.2) is 23.1 Å². The highest BCUT2D eigenvalue weighted by Gasteiger charge is 2.56. The van der Waals surface area contributed by atoms with Crippen molar-refractivity contribution in [2.24, 2.45) is 11.3 Å². The van der Waals surface area contributed by atoms with Crippen LogP contribution in [0.25, 0.3) is 5.65 Å².